The molecule has 5 nitrogen and oxygen atoms in total. The van der Waals surface area contributed by atoms with Gasteiger partial charge >= 0.3 is 11.9 Å². The van der Waals surface area contributed by atoms with E-state index in [4.69, 9.17) is 0 Å². The number of hydrogen-bond donors (Lipinski definition) is 0. The summed E-state index contributed by atoms with van der Waals surface area (Å²) in [6.07, 6.45) is 1.66. The molecule has 0 bridgehead atoms. The van der Waals surface area contributed by atoms with Crippen LogP contribution in [-0.2, 0) is 19.1 Å². The highest BCUT2D eigenvalue weighted by Crippen LogP contribution is 2.04. The Labute approximate surface area is 115 Å². The van der Waals surface area contributed by atoms with Crippen LogP contribution in [0.1, 0.15) is 19.8 Å². The van der Waals surface area contributed by atoms with E-state index in [1.807, 2.05) is 14.1 Å². The lowest BCUT2D eigenvalue weighted by molar-refractivity contribution is -0.137. The Bertz CT molecular complexity index is 321. The first-order chi connectivity index (χ1) is 8.76. The molecule has 0 unspecified atom stereocenters. The Morgan fingerprint density at radius 1 is 1.05 bits per heavy atom. The molecule has 0 aromatic carbocycles. The first kappa shape index (κ1) is 19.7. The minimum atomic E-state index is -0.347. The third kappa shape index (κ3) is 12.6. The van der Waals surface area contributed by atoms with Crippen LogP contribution in [0.15, 0.2) is 24.3 Å². The van der Waals surface area contributed by atoms with Gasteiger partial charge in [0.15, 0.2) is 0 Å². The summed E-state index contributed by atoms with van der Waals surface area (Å²) in [7, 11) is 6.71. The van der Waals surface area contributed by atoms with Gasteiger partial charge in [-0.05, 0) is 40.4 Å². The van der Waals surface area contributed by atoms with Gasteiger partial charge in [-0.3, -0.25) is 0 Å². The van der Waals surface area contributed by atoms with Crippen LogP contribution >= 0.6 is 0 Å². The molecule has 0 atom stereocenters. The highest BCUT2D eigenvalue weighted by atomic mass is 16.5. The molecule has 0 aliphatic rings. The van der Waals surface area contributed by atoms with Gasteiger partial charge in [-0.1, -0.05) is 13.2 Å². The smallest absolute Gasteiger partial charge is 0.333 e. The summed E-state index contributed by atoms with van der Waals surface area (Å²) in [6, 6.07) is 0. The number of esters is 2. The molecule has 0 N–H and O–H groups in total. The van der Waals surface area contributed by atoms with Crippen molar-refractivity contribution >= 4 is 11.9 Å². The van der Waals surface area contributed by atoms with Crippen molar-refractivity contribution in [1.29, 1.82) is 0 Å². The molecule has 0 aromatic rings. The lowest BCUT2D eigenvalue weighted by Gasteiger charge is -2.08. The first-order valence-corrected chi connectivity index (χ1v) is 5.90. The fourth-order valence-electron chi connectivity index (χ4n) is 1.03. The molecule has 110 valence electrons. The Hall–Kier alpha value is -1.62. The molecule has 5 heteroatoms. The normalized spacial score (nSPS) is 9.16. The van der Waals surface area contributed by atoms with E-state index in [0.717, 1.165) is 13.0 Å². The number of carbonyl (C=O) groups excluding carboxylic acids is 2. The molecule has 19 heavy (non-hydrogen) atoms. The monoisotopic (exact) mass is 271 g/mol. The van der Waals surface area contributed by atoms with E-state index < -0.39 is 0 Å². The molecule has 0 rings (SSSR count). The highest BCUT2D eigenvalue weighted by Gasteiger charge is 2.05. The molecular weight excluding hydrogens is 246 g/mol. The maximum absolute atomic E-state index is 10.9. The average molecular weight is 271 g/mol. The van der Waals surface area contributed by atoms with Crippen LogP contribution in [0.25, 0.3) is 0 Å². The largest absolute Gasteiger partial charge is 0.466 e. The van der Waals surface area contributed by atoms with E-state index in [1.165, 1.54) is 14.2 Å². The second kappa shape index (κ2) is 11.5. The number of rotatable bonds is 6. The zero-order valence-corrected chi connectivity index (χ0v) is 12.6. The van der Waals surface area contributed by atoms with E-state index >= 15 is 0 Å². The van der Waals surface area contributed by atoms with Crippen molar-refractivity contribution in [2.45, 2.75) is 19.8 Å². The van der Waals surface area contributed by atoms with Crippen molar-refractivity contribution in [2.75, 3.05) is 34.9 Å². The van der Waals surface area contributed by atoms with E-state index in [1.54, 1.807) is 6.92 Å². The number of hydrogen-bond acceptors (Lipinski definition) is 5. The number of carbonyl (C=O) groups is 2. The predicted octanol–water partition coefficient (Wildman–Crippen LogP) is 1.79. The van der Waals surface area contributed by atoms with Crippen molar-refractivity contribution in [3.8, 4) is 0 Å². The van der Waals surface area contributed by atoms with Gasteiger partial charge in [-0.25, -0.2) is 9.59 Å². The Kier molecular flexibility index (Phi) is 11.9. The molecule has 0 heterocycles. The number of ether oxygens (including phenoxy) is 2. The topological polar surface area (TPSA) is 55.8 Å². The highest BCUT2D eigenvalue weighted by molar-refractivity contribution is 5.87. The van der Waals surface area contributed by atoms with Crippen LogP contribution in [0, 0.1) is 0 Å². The lowest BCUT2D eigenvalue weighted by Crippen LogP contribution is -2.14. The average Bonchev–Trinajstić information content (AvgIpc) is 2.36. The number of methoxy groups -OCH3 is 2. The zero-order valence-electron chi connectivity index (χ0n) is 12.6. The van der Waals surface area contributed by atoms with Gasteiger partial charge < -0.3 is 14.4 Å². The Morgan fingerprint density at radius 3 is 1.79 bits per heavy atom. The molecular formula is C14H25NO4. The van der Waals surface area contributed by atoms with Gasteiger partial charge in [0.25, 0.3) is 0 Å². The van der Waals surface area contributed by atoms with Gasteiger partial charge in [-0.15, -0.1) is 0 Å². The fourth-order valence-corrected chi connectivity index (χ4v) is 1.03. The van der Waals surface area contributed by atoms with Crippen molar-refractivity contribution in [3.63, 3.8) is 0 Å². The van der Waals surface area contributed by atoms with Gasteiger partial charge in [0.05, 0.1) is 14.2 Å². The summed E-state index contributed by atoms with van der Waals surface area (Å²) in [5.74, 6) is -0.645. The summed E-state index contributed by atoms with van der Waals surface area (Å²) < 4.78 is 8.79. The standard InChI is InChI=1S/C9H17NO2.C5H8O2/c1-8(9(11)12-4)6-5-7-10(2)3;1-4(2)5(6)7-3/h1,5-7H2,2-4H3;1H2,2-3H3. The molecule has 0 aliphatic carbocycles. The van der Waals surface area contributed by atoms with Crippen LogP contribution in [0.5, 0.6) is 0 Å². The molecule has 0 radical (unpaired) electrons. The summed E-state index contributed by atoms with van der Waals surface area (Å²) in [4.78, 5) is 23.1. The van der Waals surface area contributed by atoms with E-state index in [2.05, 4.69) is 27.5 Å². The quantitative estimate of drug-likeness (QED) is 0.544. The Balaban J connectivity index is 0. The van der Waals surface area contributed by atoms with Gasteiger partial charge in [0.2, 0.25) is 0 Å². The van der Waals surface area contributed by atoms with Crippen LogP contribution < -0.4 is 0 Å². The van der Waals surface area contributed by atoms with Crippen molar-refractivity contribution in [3.05, 3.63) is 24.3 Å². The summed E-state index contributed by atoms with van der Waals surface area (Å²) in [6.45, 7) is 9.55. The second-order valence-corrected chi connectivity index (χ2v) is 4.27. The first-order valence-electron chi connectivity index (χ1n) is 5.90. The van der Waals surface area contributed by atoms with Gasteiger partial charge in [-0.2, -0.15) is 0 Å². The predicted molar refractivity (Wildman–Crippen MR) is 75.8 cm³/mol. The van der Waals surface area contributed by atoms with Crippen molar-refractivity contribution in [2.24, 2.45) is 0 Å². The van der Waals surface area contributed by atoms with Crippen LogP contribution in [0.3, 0.4) is 0 Å². The number of nitrogens with zero attached hydrogens (tertiary/aromatic N) is 1. The van der Waals surface area contributed by atoms with Crippen molar-refractivity contribution in [1.82, 2.24) is 4.90 Å². The molecule has 0 saturated carbocycles. The molecule has 0 amide bonds. The summed E-state index contributed by atoms with van der Waals surface area (Å²) in [5, 5.41) is 0. The van der Waals surface area contributed by atoms with Crippen LogP contribution in [-0.4, -0.2) is 51.7 Å². The van der Waals surface area contributed by atoms with Crippen LogP contribution in [0.4, 0.5) is 0 Å². The Morgan fingerprint density at radius 2 is 1.53 bits per heavy atom. The molecule has 0 spiro atoms. The molecule has 0 saturated heterocycles. The van der Waals surface area contributed by atoms with E-state index in [-0.39, 0.29) is 11.9 Å². The van der Waals surface area contributed by atoms with Gasteiger partial charge in [0.1, 0.15) is 0 Å². The molecule has 0 fully saturated rings. The minimum absolute atomic E-state index is 0.297. The van der Waals surface area contributed by atoms with Gasteiger partial charge in [0, 0.05) is 11.1 Å². The summed E-state index contributed by atoms with van der Waals surface area (Å²) >= 11 is 0. The minimum Gasteiger partial charge on any atom is -0.466 e. The lowest BCUT2D eigenvalue weighted by atomic mass is 10.1. The molecule has 0 aliphatic heterocycles. The third-order valence-electron chi connectivity index (χ3n) is 2.09. The summed E-state index contributed by atoms with van der Waals surface area (Å²) in [5.41, 5.74) is 0.988. The van der Waals surface area contributed by atoms with Crippen molar-refractivity contribution < 1.29 is 19.1 Å². The zero-order chi connectivity index (χ0) is 15.4. The second-order valence-electron chi connectivity index (χ2n) is 4.27. The fraction of sp³-hybridized carbons (Fsp3) is 0.571. The maximum atomic E-state index is 10.9. The van der Waals surface area contributed by atoms with E-state index in [0.29, 0.717) is 17.6 Å². The maximum Gasteiger partial charge on any atom is 0.333 e. The SMILES string of the molecule is C=C(C)C(=O)OC.C=C(CCCN(C)C)C(=O)OC. The van der Waals surface area contributed by atoms with E-state index in [9.17, 15) is 9.59 Å². The molecule has 0 aromatic heterocycles. The third-order valence-corrected chi connectivity index (χ3v) is 2.09. The van der Waals surface area contributed by atoms with Crippen LogP contribution in [0.2, 0.25) is 0 Å².